The average Bonchev–Trinajstić information content (AvgIpc) is 2.85. The third-order valence-corrected chi connectivity index (χ3v) is 3.76. The minimum atomic E-state index is -0.196. The van der Waals surface area contributed by atoms with Crippen molar-refractivity contribution in [2.24, 2.45) is 0 Å². The monoisotopic (exact) mass is 280 g/mol. The van der Waals surface area contributed by atoms with Gasteiger partial charge in [0.1, 0.15) is 16.9 Å². The number of hydrogen-bond donors (Lipinski definition) is 2. The lowest BCUT2D eigenvalue weighted by Gasteiger charge is -2.05. The fourth-order valence-corrected chi connectivity index (χ4v) is 2.76. The molecular formula is C17H12O4. The van der Waals surface area contributed by atoms with Gasteiger partial charge in [0.2, 0.25) is 0 Å². The number of benzene rings is 3. The third kappa shape index (κ3) is 1.56. The maximum atomic E-state index is 9.71. The van der Waals surface area contributed by atoms with E-state index in [4.69, 9.17) is 9.15 Å². The Hall–Kier alpha value is -2.88. The van der Waals surface area contributed by atoms with Crippen molar-refractivity contribution in [1.82, 2.24) is 0 Å². The van der Waals surface area contributed by atoms with E-state index in [2.05, 4.69) is 0 Å². The molecule has 0 unspecified atom stereocenters. The molecule has 4 aromatic rings. The summed E-state index contributed by atoms with van der Waals surface area (Å²) >= 11 is 0. The molecule has 1 heterocycles. The summed E-state index contributed by atoms with van der Waals surface area (Å²) in [6.45, 7) is 0. The number of hydrogen-bond acceptors (Lipinski definition) is 4. The zero-order chi connectivity index (χ0) is 14.6. The lowest BCUT2D eigenvalue weighted by molar-refractivity contribution is 0.404. The smallest absolute Gasteiger partial charge is 0.161 e. The van der Waals surface area contributed by atoms with Crippen LogP contribution in [0.25, 0.3) is 32.7 Å². The van der Waals surface area contributed by atoms with E-state index in [0.717, 1.165) is 27.3 Å². The summed E-state index contributed by atoms with van der Waals surface area (Å²) in [4.78, 5) is 0. The van der Waals surface area contributed by atoms with E-state index in [-0.39, 0.29) is 11.5 Å². The fourth-order valence-electron chi connectivity index (χ4n) is 2.76. The predicted octanol–water partition coefficient (Wildman–Crippen LogP) is 4.16. The van der Waals surface area contributed by atoms with Gasteiger partial charge in [-0.05, 0) is 12.1 Å². The second-order valence-electron chi connectivity index (χ2n) is 4.94. The van der Waals surface area contributed by atoms with E-state index < -0.39 is 0 Å². The first-order chi connectivity index (χ1) is 10.2. The van der Waals surface area contributed by atoms with Crippen molar-refractivity contribution in [1.29, 1.82) is 0 Å². The topological polar surface area (TPSA) is 62.8 Å². The summed E-state index contributed by atoms with van der Waals surface area (Å²) in [5.41, 5.74) is 1.24. The largest absolute Gasteiger partial charge is 0.504 e. The van der Waals surface area contributed by atoms with Crippen LogP contribution in [-0.4, -0.2) is 17.3 Å². The molecule has 0 aliphatic carbocycles. The highest BCUT2D eigenvalue weighted by atomic mass is 16.5. The Morgan fingerprint density at radius 3 is 2.33 bits per heavy atom. The zero-order valence-electron chi connectivity index (χ0n) is 11.3. The second kappa shape index (κ2) is 4.06. The first kappa shape index (κ1) is 11.9. The van der Waals surface area contributed by atoms with Crippen molar-refractivity contribution in [3.63, 3.8) is 0 Å². The van der Waals surface area contributed by atoms with Gasteiger partial charge in [-0.1, -0.05) is 24.3 Å². The van der Waals surface area contributed by atoms with Crippen molar-refractivity contribution in [3.05, 3.63) is 42.5 Å². The second-order valence-corrected chi connectivity index (χ2v) is 4.94. The molecule has 104 valence electrons. The zero-order valence-corrected chi connectivity index (χ0v) is 11.3. The highest BCUT2D eigenvalue weighted by Gasteiger charge is 2.15. The van der Waals surface area contributed by atoms with Gasteiger partial charge in [0.25, 0.3) is 0 Å². The Morgan fingerprint density at radius 2 is 1.57 bits per heavy atom. The number of methoxy groups -OCH3 is 1. The van der Waals surface area contributed by atoms with Gasteiger partial charge in [0.05, 0.1) is 7.11 Å². The van der Waals surface area contributed by atoms with Crippen molar-refractivity contribution >= 4 is 32.7 Å². The molecule has 0 atom stereocenters. The van der Waals surface area contributed by atoms with E-state index in [9.17, 15) is 10.2 Å². The van der Waals surface area contributed by atoms with Gasteiger partial charge in [-0.15, -0.1) is 0 Å². The maximum absolute atomic E-state index is 9.71. The lowest BCUT2D eigenvalue weighted by atomic mass is 10.0. The molecular weight excluding hydrogens is 268 g/mol. The Morgan fingerprint density at radius 1 is 0.857 bits per heavy atom. The molecule has 0 radical (unpaired) electrons. The molecule has 4 heteroatoms. The lowest BCUT2D eigenvalue weighted by Crippen LogP contribution is -1.85. The predicted molar refractivity (Wildman–Crippen MR) is 81.1 cm³/mol. The van der Waals surface area contributed by atoms with Gasteiger partial charge in [0, 0.05) is 27.6 Å². The summed E-state index contributed by atoms with van der Waals surface area (Å²) < 4.78 is 11.3. The van der Waals surface area contributed by atoms with Crippen LogP contribution in [0.15, 0.2) is 46.9 Å². The van der Waals surface area contributed by atoms with E-state index in [1.54, 1.807) is 7.11 Å². The van der Waals surface area contributed by atoms with Crippen molar-refractivity contribution in [3.8, 4) is 17.2 Å². The molecule has 3 aromatic carbocycles. The summed E-state index contributed by atoms with van der Waals surface area (Å²) in [6, 6.07) is 12.6. The number of ether oxygens (including phenoxy) is 1. The highest BCUT2D eigenvalue weighted by molar-refractivity contribution is 6.17. The van der Waals surface area contributed by atoms with Crippen LogP contribution in [0, 0.1) is 0 Å². The van der Waals surface area contributed by atoms with E-state index >= 15 is 0 Å². The molecule has 4 rings (SSSR count). The van der Waals surface area contributed by atoms with Crippen LogP contribution in [-0.2, 0) is 0 Å². The molecule has 1 aromatic heterocycles. The van der Waals surface area contributed by atoms with Crippen molar-refractivity contribution in [2.45, 2.75) is 0 Å². The molecule has 2 N–H and O–H groups in total. The van der Waals surface area contributed by atoms with Gasteiger partial charge in [0.15, 0.2) is 11.5 Å². The van der Waals surface area contributed by atoms with Crippen molar-refractivity contribution < 1.29 is 19.4 Å². The quantitative estimate of drug-likeness (QED) is 0.514. The van der Waals surface area contributed by atoms with Gasteiger partial charge in [-0.3, -0.25) is 0 Å². The van der Waals surface area contributed by atoms with E-state index in [1.807, 2.05) is 30.3 Å². The van der Waals surface area contributed by atoms with Crippen molar-refractivity contribution in [2.75, 3.05) is 7.11 Å². The molecule has 0 saturated heterocycles. The molecule has 0 aliphatic rings. The number of phenolic OH excluding ortho intramolecular Hbond substituents is 2. The molecule has 0 saturated carbocycles. The standard InChI is InChI=1S/C17H12O4/c1-20-15-7-12-11-6-13(18)14(19)8-16(11)21-17(12)10-5-3-2-4-9(10)15/h2-8,18-19H,1H3. The fraction of sp³-hybridized carbons (Fsp3) is 0.0588. The Kier molecular flexibility index (Phi) is 2.30. The van der Waals surface area contributed by atoms with Crippen LogP contribution in [0.5, 0.6) is 17.2 Å². The number of rotatable bonds is 1. The van der Waals surface area contributed by atoms with Crippen LogP contribution in [0.3, 0.4) is 0 Å². The van der Waals surface area contributed by atoms with E-state index in [1.165, 1.54) is 12.1 Å². The number of phenols is 2. The summed E-state index contributed by atoms with van der Waals surface area (Å²) in [6.07, 6.45) is 0. The Balaban J connectivity index is 2.27. The molecule has 0 bridgehead atoms. The molecule has 0 aliphatic heterocycles. The van der Waals surface area contributed by atoms with Crippen LogP contribution in [0.1, 0.15) is 0 Å². The number of furan rings is 1. The van der Waals surface area contributed by atoms with Crippen LogP contribution in [0.4, 0.5) is 0 Å². The van der Waals surface area contributed by atoms with E-state index in [0.29, 0.717) is 11.2 Å². The first-order valence-corrected chi connectivity index (χ1v) is 6.53. The third-order valence-electron chi connectivity index (χ3n) is 3.76. The van der Waals surface area contributed by atoms with Crippen LogP contribution in [0.2, 0.25) is 0 Å². The molecule has 0 fully saturated rings. The van der Waals surface area contributed by atoms with Gasteiger partial charge >= 0.3 is 0 Å². The maximum Gasteiger partial charge on any atom is 0.161 e. The van der Waals surface area contributed by atoms with Crippen LogP contribution >= 0.6 is 0 Å². The molecule has 21 heavy (non-hydrogen) atoms. The summed E-state index contributed by atoms with van der Waals surface area (Å²) in [5.74, 6) is 0.378. The summed E-state index contributed by atoms with van der Waals surface area (Å²) in [5, 5.41) is 22.8. The number of fused-ring (bicyclic) bond motifs is 5. The molecule has 4 nitrogen and oxygen atoms in total. The van der Waals surface area contributed by atoms with Gasteiger partial charge < -0.3 is 19.4 Å². The Bertz CT molecular complexity index is 998. The Labute approximate surface area is 119 Å². The minimum Gasteiger partial charge on any atom is -0.504 e. The average molecular weight is 280 g/mol. The SMILES string of the molecule is COc1cc2c3cc(O)c(O)cc3oc2c2ccccc12. The van der Waals surface area contributed by atoms with Crippen LogP contribution < -0.4 is 4.74 Å². The van der Waals surface area contributed by atoms with Gasteiger partial charge in [-0.2, -0.15) is 0 Å². The number of aromatic hydroxyl groups is 2. The first-order valence-electron chi connectivity index (χ1n) is 6.53. The summed E-state index contributed by atoms with van der Waals surface area (Å²) in [7, 11) is 1.62. The molecule has 0 amide bonds. The normalized spacial score (nSPS) is 11.5. The minimum absolute atomic E-state index is 0.169. The molecule has 0 spiro atoms. The van der Waals surface area contributed by atoms with Gasteiger partial charge in [-0.25, -0.2) is 0 Å². The highest BCUT2D eigenvalue weighted by Crippen LogP contribution is 2.41.